The van der Waals surface area contributed by atoms with Gasteiger partial charge in [0.2, 0.25) is 0 Å². The van der Waals surface area contributed by atoms with Gasteiger partial charge in [0.1, 0.15) is 0 Å². The maximum Gasteiger partial charge on any atom is 0.0947 e. The quantitative estimate of drug-likeness (QED) is 0.778. The van der Waals surface area contributed by atoms with Crippen molar-refractivity contribution in [3.05, 3.63) is 34.3 Å². The highest BCUT2D eigenvalue weighted by molar-refractivity contribution is 9.10. The van der Waals surface area contributed by atoms with E-state index in [0.717, 1.165) is 10.0 Å². The second-order valence-corrected chi connectivity index (χ2v) is 4.14. The van der Waals surface area contributed by atoms with Crippen molar-refractivity contribution in [2.45, 2.75) is 12.5 Å². The van der Waals surface area contributed by atoms with Crippen molar-refractivity contribution < 1.29 is 9.84 Å². The fourth-order valence-corrected chi connectivity index (χ4v) is 1.53. The van der Waals surface area contributed by atoms with Crippen LogP contribution in [0.5, 0.6) is 0 Å². The van der Waals surface area contributed by atoms with Crippen LogP contribution < -0.4 is 5.73 Å². The largest absolute Gasteiger partial charge is 0.396 e. The number of halogens is 1. The molecule has 3 N–H and O–H groups in total. The Morgan fingerprint density at radius 2 is 2.00 bits per heavy atom. The van der Waals surface area contributed by atoms with E-state index in [1.807, 2.05) is 24.3 Å². The molecule has 0 saturated heterocycles. The third kappa shape index (κ3) is 4.30. The highest BCUT2D eigenvalue weighted by Gasteiger charge is 2.09. The zero-order valence-corrected chi connectivity index (χ0v) is 10.1. The number of benzene rings is 1. The molecule has 1 aromatic rings. The van der Waals surface area contributed by atoms with Crippen LogP contribution in [-0.2, 0) is 4.74 Å². The number of hydrogen-bond acceptors (Lipinski definition) is 3. The highest BCUT2D eigenvalue weighted by Crippen LogP contribution is 2.19. The summed E-state index contributed by atoms with van der Waals surface area (Å²) in [5.41, 5.74) is 6.69. The van der Waals surface area contributed by atoms with Crippen LogP contribution in [0.3, 0.4) is 0 Å². The van der Waals surface area contributed by atoms with E-state index >= 15 is 0 Å². The van der Waals surface area contributed by atoms with Crippen LogP contribution in [-0.4, -0.2) is 24.9 Å². The molecule has 0 spiro atoms. The molecule has 0 heterocycles. The second kappa shape index (κ2) is 6.95. The van der Waals surface area contributed by atoms with Gasteiger partial charge < -0.3 is 15.6 Å². The lowest BCUT2D eigenvalue weighted by molar-refractivity contribution is 0.0488. The fraction of sp³-hybridized carbons (Fsp3) is 0.455. The van der Waals surface area contributed by atoms with Crippen molar-refractivity contribution in [2.75, 3.05) is 19.8 Å². The summed E-state index contributed by atoms with van der Waals surface area (Å²) < 4.78 is 6.60. The van der Waals surface area contributed by atoms with E-state index in [1.54, 1.807) is 0 Å². The van der Waals surface area contributed by atoms with Crippen molar-refractivity contribution >= 4 is 15.9 Å². The molecule has 1 rings (SSSR count). The Bertz CT molecular complexity index is 276. The zero-order chi connectivity index (χ0) is 11.1. The molecule has 4 heteroatoms. The lowest BCUT2D eigenvalue weighted by atomic mass is 10.1. The number of aliphatic hydroxyl groups excluding tert-OH is 1. The number of ether oxygens (including phenoxy) is 1. The average Bonchev–Trinajstić information content (AvgIpc) is 2.26. The summed E-state index contributed by atoms with van der Waals surface area (Å²) >= 11 is 3.38. The lowest BCUT2D eigenvalue weighted by Crippen LogP contribution is -2.16. The molecule has 0 bridgehead atoms. The van der Waals surface area contributed by atoms with Gasteiger partial charge in [-0.25, -0.2) is 0 Å². The molecule has 1 atom stereocenters. The molecule has 1 aromatic carbocycles. The summed E-state index contributed by atoms with van der Waals surface area (Å²) in [4.78, 5) is 0. The van der Waals surface area contributed by atoms with Crippen molar-refractivity contribution in [3.63, 3.8) is 0 Å². The Kier molecular flexibility index (Phi) is 5.86. The van der Waals surface area contributed by atoms with Crippen LogP contribution in [0.15, 0.2) is 28.7 Å². The van der Waals surface area contributed by atoms with E-state index in [1.165, 1.54) is 0 Å². The van der Waals surface area contributed by atoms with Gasteiger partial charge in [-0.1, -0.05) is 28.1 Å². The van der Waals surface area contributed by atoms with Crippen molar-refractivity contribution in [1.82, 2.24) is 0 Å². The number of rotatable bonds is 6. The topological polar surface area (TPSA) is 55.5 Å². The Labute approximate surface area is 98.4 Å². The third-order valence-corrected chi connectivity index (χ3v) is 2.61. The number of nitrogens with two attached hydrogens (primary N) is 1. The van der Waals surface area contributed by atoms with Gasteiger partial charge in [-0.15, -0.1) is 0 Å². The maximum atomic E-state index is 8.64. The van der Waals surface area contributed by atoms with Gasteiger partial charge in [0.15, 0.2) is 0 Å². The van der Waals surface area contributed by atoms with E-state index in [9.17, 15) is 0 Å². The second-order valence-electron chi connectivity index (χ2n) is 3.22. The summed E-state index contributed by atoms with van der Waals surface area (Å²) in [6, 6.07) is 7.90. The van der Waals surface area contributed by atoms with Crippen LogP contribution in [0.2, 0.25) is 0 Å². The molecular weight excluding hydrogens is 258 g/mol. The highest BCUT2D eigenvalue weighted by atomic mass is 79.9. The maximum absolute atomic E-state index is 8.64. The van der Waals surface area contributed by atoms with Crippen molar-refractivity contribution in [1.29, 1.82) is 0 Å². The fourth-order valence-electron chi connectivity index (χ4n) is 1.27. The Balaban J connectivity index is 2.53. The van der Waals surface area contributed by atoms with Crippen LogP contribution in [0, 0.1) is 0 Å². The molecule has 15 heavy (non-hydrogen) atoms. The van der Waals surface area contributed by atoms with Crippen LogP contribution >= 0.6 is 15.9 Å². The Hall–Kier alpha value is -0.420. The first-order valence-corrected chi connectivity index (χ1v) is 5.75. The van der Waals surface area contributed by atoms with Gasteiger partial charge in [0.05, 0.1) is 6.10 Å². The minimum absolute atomic E-state index is 0.0790. The minimum atomic E-state index is -0.0790. The SMILES string of the molecule is NCC(OCCCO)c1ccc(Br)cc1. The standard InChI is InChI=1S/C11H16BrNO2/c12-10-4-2-9(3-5-10)11(8-13)15-7-1-6-14/h2-5,11,14H,1,6-8,13H2. The number of aliphatic hydroxyl groups is 1. The molecule has 0 aliphatic rings. The van der Waals surface area contributed by atoms with E-state index in [-0.39, 0.29) is 12.7 Å². The summed E-state index contributed by atoms with van der Waals surface area (Å²) in [6.07, 6.45) is 0.567. The van der Waals surface area contributed by atoms with Gasteiger partial charge in [0, 0.05) is 24.2 Å². The number of hydrogen-bond donors (Lipinski definition) is 2. The predicted molar refractivity (Wildman–Crippen MR) is 63.6 cm³/mol. The van der Waals surface area contributed by atoms with Crippen LogP contribution in [0.4, 0.5) is 0 Å². The first-order chi connectivity index (χ1) is 7.27. The molecule has 0 radical (unpaired) electrons. The van der Waals surface area contributed by atoms with Crippen molar-refractivity contribution in [3.8, 4) is 0 Å². The normalized spacial score (nSPS) is 12.7. The molecule has 0 fully saturated rings. The van der Waals surface area contributed by atoms with Gasteiger partial charge in [-0.05, 0) is 24.1 Å². The summed E-state index contributed by atoms with van der Waals surface area (Å²) in [6.45, 7) is 1.14. The summed E-state index contributed by atoms with van der Waals surface area (Å²) in [5.74, 6) is 0. The molecule has 0 aliphatic heterocycles. The summed E-state index contributed by atoms with van der Waals surface area (Å²) in [7, 11) is 0. The average molecular weight is 274 g/mol. The zero-order valence-electron chi connectivity index (χ0n) is 8.53. The Morgan fingerprint density at radius 1 is 1.33 bits per heavy atom. The molecule has 0 amide bonds. The van der Waals surface area contributed by atoms with E-state index in [2.05, 4.69) is 15.9 Å². The molecule has 0 aromatic heterocycles. The monoisotopic (exact) mass is 273 g/mol. The molecule has 0 aliphatic carbocycles. The van der Waals surface area contributed by atoms with Crippen molar-refractivity contribution in [2.24, 2.45) is 5.73 Å². The third-order valence-electron chi connectivity index (χ3n) is 2.08. The van der Waals surface area contributed by atoms with Crippen LogP contribution in [0.1, 0.15) is 18.1 Å². The first-order valence-electron chi connectivity index (χ1n) is 4.96. The van der Waals surface area contributed by atoms with Gasteiger partial charge in [-0.3, -0.25) is 0 Å². The first kappa shape index (κ1) is 12.6. The molecule has 0 saturated carbocycles. The van der Waals surface area contributed by atoms with E-state index in [0.29, 0.717) is 19.6 Å². The smallest absolute Gasteiger partial charge is 0.0947 e. The van der Waals surface area contributed by atoms with E-state index < -0.39 is 0 Å². The van der Waals surface area contributed by atoms with Gasteiger partial charge >= 0.3 is 0 Å². The minimum Gasteiger partial charge on any atom is -0.396 e. The molecular formula is C11H16BrNO2. The van der Waals surface area contributed by atoms with E-state index in [4.69, 9.17) is 15.6 Å². The van der Waals surface area contributed by atoms with Crippen LogP contribution in [0.25, 0.3) is 0 Å². The summed E-state index contributed by atoms with van der Waals surface area (Å²) in [5, 5.41) is 8.64. The predicted octanol–water partition coefficient (Wildman–Crippen LogP) is 1.85. The van der Waals surface area contributed by atoms with Gasteiger partial charge in [-0.2, -0.15) is 0 Å². The lowest BCUT2D eigenvalue weighted by Gasteiger charge is -2.16. The molecule has 1 unspecified atom stereocenters. The molecule has 3 nitrogen and oxygen atoms in total. The molecule has 84 valence electrons. The Morgan fingerprint density at radius 3 is 2.53 bits per heavy atom. The van der Waals surface area contributed by atoms with Gasteiger partial charge in [0.25, 0.3) is 0 Å².